The Morgan fingerprint density at radius 3 is 3.18 bits per heavy atom. The summed E-state index contributed by atoms with van der Waals surface area (Å²) in [5.74, 6) is 0.631. The molecule has 1 saturated heterocycles. The lowest BCUT2D eigenvalue weighted by Crippen LogP contribution is -2.42. The molecule has 0 bridgehead atoms. The van der Waals surface area contributed by atoms with Crippen molar-refractivity contribution in [2.24, 2.45) is 5.92 Å². The second-order valence-electron chi connectivity index (χ2n) is 4.84. The summed E-state index contributed by atoms with van der Waals surface area (Å²) in [5.41, 5.74) is 0. The van der Waals surface area contributed by atoms with E-state index in [9.17, 15) is 0 Å². The van der Waals surface area contributed by atoms with Crippen molar-refractivity contribution < 1.29 is 0 Å². The molecule has 0 aromatic carbocycles. The zero-order chi connectivity index (χ0) is 12.1. The summed E-state index contributed by atoms with van der Waals surface area (Å²) in [4.78, 5) is 2.42. The van der Waals surface area contributed by atoms with Crippen LogP contribution >= 0.6 is 0 Å². The Morgan fingerprint density at radius 1 is 1.59 bits per heavy atom. The number of nitrogens with zero attached hydrogens (tertiary/aromatic N) is 5. The van der Waals surface area contributed by atoms with Gasteiger partial charge in [-0.05, 0) is 32.2 Å². The van der Waals surface area contributed by atoms with Crippen molar-refractivity contribution in [2.75, 3.05) is 13.1 Å². The first kappa shape index (κ1) is 12.1. The van der Waals surface area contributed by atoms with E-state index in [0.29, 0.717) is 18.4 Å². The van der Waals surface area contributed by atoms with Gasteiger partial charge in [0.05, 0.1) is 18.7 Å². The van der Waals surface area contributed by atoms with Crippen LogP contribution in [0.25, 0.3) is 0 Å². The van der Waals surface area contributed by atoms with Gasteiger partial charge >= 0.3 is 0 Å². The van der Waals surface area contributed by atoms with Gasteiger partial charge in [-0.2, -0.15) is 5.26 Å². The van der Waals surface area contributed by atoms with Crippen LogP contribution in [-0.4, -0.2) is 39.0 Å². The van der Waals surface area contributed by atoms with Gasteiger partial charge in [0.15, 0.2) is 0 Å². The van der Waals surface area contributed by atoms with Gasteiger partial charge in [0, 0.05) is 25.3 Å². The first-order valence-corrected chi connectivity index (χ1v) is 6.24. The molecule has 1 aromatic rings. The van der Waals surface area contributed by atoms with E-state index in [1.54, 1.807) is 6.20 Å². The lowest BCUT2D eigenvalue weighted by atomic mass is 9.96. The predicted octanol–water partition coefficient (Wildman–Crippen LogP) is 1.29. The highest BCUT2D eigenvalue weighted by Crippen LogP contribution is 2.20. The van der Waals surface area contributed by atoms with Gasteiger partial charge in [-0.25, -0.2) is 0 Å². The number of nitriles is 1. The molecule has 92 valence electrons. The van der Waals surface area contributed by atoms with Gasteiger partial charge in [0.2, 0.25) is 0 Å². The fraction of sp³-hybridized carbons (Fsp3) is 0.750. The minimum atomic E-state index is 0.374. The Kier molecular flexibility index (Phi) is 4.10. The van der Waals surface area contributed by atoms with Crippen LogP contribution in [0, 0.1) is 17.2 Å². The first-order chi connectivity index (χ1) is 8.29. The van der Waals surface area contributed by atoms with Crippen LogP contribution in [0.15, 0.2) is 12.4 Å². The lowest BCUT2D eigenvalue weighted by Gasteiger charge is -2.35. The van der Waals surface area contributed by atoms with Crippen molar-refractivity contribution in [1.29, 1.82) is 5.26 Å². The van der Waals surface area contributed by atoms with E-state index >= 15 is 0 Å². The summed E-state index contributed by atoms with van der Waals surface area (Å²) in [5, 5.41) is 16.6. The van der Waals surface area contributed by atoms with Crippen molar-refractivity contribution in [3.05, 3.63) is 12.4 Å². The van der Waals surface area contributed by atoms with Crippen molar-refractivity contribution in [3.8, 4) is 6.07 Å². The number of piperidine rings is 1. The van der Waals surface area contributed by atoms with Crippen molar-refractivity contribution in [1.82, 2.24) is 19.9 Å². The average molecular weight is 233 g/mol. The predicted molar refractivity (Wildman–Crippen MR) is 64.0 cm³/mol. The molecule has 0 N–H and O–H groups in total. The Labute approximate surface area is 102 Å². The number of rotatable bonds is 4. The molecule has 0 spiro atoms. The van der Waals surface area contributed by atoms with Gasteiger partial charge in [-0.15, -0.1) is 5.10 Å². The summed E-state index contributed by atoms with van der Waals surface area (Å²) in [6.45, 7) is 5.27. The highest BCUT2D eigenvalue weighted by atomic mass is 15.4. The molecule has 5 nitrogen and oxygen atoms in total. The first-order valence-electron chi connectivity index (χ1n) is 6.24. The fourth-order valence-electron chi connectivity index (χ4n) is 2.50. The van der Waals surface area contributed by atoms with Crippen molar-refractivity contribution in [2.45, 2.75) is 38.8 Å². The standard InChI is InChI=1S/C12H19N5/c1-11(4-5-13)16-7-2-3-12(9-16)10-17-8-6-14-15-17/h6,8,11-12H,2-4,7,9-10H2,1H3/t11-,12-/m0/s1. The smallest absolute Gasteiger partial charge is 0.0692 e. The summed E-state index contributed by atoms with van der Waals surface area (Å²) >= 11 is 0. The van der Waals surface area contributed by atoms with E-state index in [1.807, 2.05) is 10.9 Å². The van der Waals surface area contributed by atoms with Crippen LogP contribution in [0.2, 0.25) is 0 Å². The Morgan fingerprint density at radius 2 is 2.47 bits per heavy atom. The van der Waals surface area contributed by atoms with E-state index in [-0.39, 0.29) is 0 Å². The summed E-state index contributed by atoms with van der Waals surface area (Å²) in [6.07, 6.45) is 6.72. The normalized spacial score (nSPS) is 23.2. The second-order valence-corrected chi connectivity index (χ2v) is 4.84. The molecule has 2 rings (SSSR count). The van der Waals surface area contributed by atoms with Gasteiger partial charge in [0.1, 0.15) is 0 Å². The Hall–Kier alpha value is -1.41. The Balaban J connectivity index is 1.86. The third-order valence-electron chi connectivity index (χ3n) is 3.48. The SMILES string of the molecule is C[C@@H](CC#N)N1CCC[C@H](Cn2ccnn2)C1. The zero-order valence-electron chi connectivity index (χ0n) is 10.3. The van der Waals surface area contributed by atoms with Crippen molar-refractivity contribution >= 4 is 0 Å². The molecular weight excluding hydrogens is 214 g/mol. The Bertz CT molecular complexity index is 367. The highest BCUT2D eigenvalue weighted by molar-refractivity contribution is 4.83. The van der Waals surface area contributed by atoms with E-state index in [4.69, 9.17) is 5.26 Å². The van der Waals surface area contributed by atoms with E-state index in [2.05, 4.69) is 28.2 Å². The van der Waals surface area contributed by atoms with Crippen LogP contribution in [-0.2, 0) is 6.54 Å². The maximum atomic E-state index is 8.74. The number of likely N-dealkylation sites (tertiary alicyclic amines) is 1. The van der Waals surface area contributed by atoms with Gasteiger partial charge in [-0.3, -0.25) is 9.58 Å². The molecule has 17 heavy (non-hydrogen) atoms. The molecule has 0 amide bonds. The molecule has 0 unspecified atom stereocenters. The molecule has 0 radical (unpaired) electrons. The molecule has 1 fully saturated rings. The average Bonchev–Trinajstić information content (AvgIpc) is 2.82. The molecule has 5 heteroatoms. The monoisotopic (exact) mass is 233 g/mol. The van der Waals surface area contributed by atoms with Crippen molar-refractivity contribution in [3.63, 3.8) is 0 Å². The number of hydrogen-bond donors (Lipinski definition) is 0. The third kappa shape index (κ3) is 3.27. The molecular formula is C12H19N5. The second kappa shape index (κ2) is 5.78. The summed E-state index contributed by atoms with van der Waals surface area (Å²) in [7, 11) is 0. The third-order valence-corrected chi connectivity index (χ3v) is 3.48. The maximum absolute atomic E-state index is 8.74. The van der Waals surface area contributed by atoms with E-state index in [0.717, 1.165) is 19.6 Å². The van der Waals surface area contributed by atoms with Gasteiger partial charge in [-0.1, -0.05) is 5.21 Å². The molecule has 0 aliphatic carbocycles. The summed E-state index contributed by atoms with van der Waals surface area (Å²) < 4.78 is 1.91. The van der Waals surface area contributed by atoms with Crippen LogP contribution < -0.4 is 0 Å². The minimum absolute atomic E-state index is 0.374. The number of aromatic nitrogens is 3. The maximum Gasteiger partial charge on any atom is 0.0692 e. The van der Waals surface area contributed by atoms with E-state index < -0.39 is 0 Å². The van der Waals surface area contributed by atoms with E-state index in [1.165, 1.54) is 12.8 Å². The van der Waals surface area contributed by atoms with Gasteiger partial charge in [0.25, 0.3) is 0 Å². The van der Waals surface area contributed by atoms with Crippen LogP contribution in [0.5, 0.6) is 0 Å². The quantitative estimate of drug-likeness (QED) is 0.786. The van der Waals surface area contributed by atoms with Crippen LogP contribution in [0.1, 0.15) is 26.2 Å². The molecule has 1 aliphatic heterocycles. The number of hydrogen-bond acceptors (Lipinski definition) is 4. The molecule has 1 aliphatic rings. The van der Waals surface area contributed by atoms with Crippen LogP contribution in [0.4, 0.5) is 0 Å². The molecule has 1 aromatic heterocycles. The van der Waals surface area contributed by atoms with Crippen LogP contribution in [0.3, 0.4) is 0 Å². The lowest BCUT2D eigenvalue weighted by molar-refractivity contribution is 0.122. The topological polar surface area (TPSA) is 57.7 Å². The molecule has 2 heterocycles. The molecule has 2 atom stereocenters. The molecule has 0 saturated carbocycles. The van der Waals surface area contributed by atoms with Gasteiger partial charge < -0.3 is 0 Å². The fourth-order valence-corrected chi connectivity index (χ4v) is 2.50. The highest BCUT2D eigenvalue weighted by Gasteiger charge is 2.23. The minimum Gasteiger partial charge on any atom is -0.299 e. The largest absolute Gasteiger partial charge is 0.299 e. The summed E-state index contributed by atoms with van der Waals surface area (Å²) in [6, 6.07) is 2.63. The zero-order valence-corrected chi connectivity index (χ0v) is 10.3.